The second kappa shape index (κ2) is 8.43. The third-order valence-electron chi connectivity index (χ3n) is 4.47. The summed E-state index contributed by atoms with van der Waals surface area (Å²) in [7, 11) is 0. The molecule has 3 N–H and O–H groups in total. The molecule has 1 aliphatic heterocycles. The number of anilines is 2. The molecule has 5 nitrogen and oxygen atoms in total. The molecule has 1 heterocycles. The van der Waals surface area contributed by atoms with E-state index in [1.807, 2.05) is 0 Å². The molecule has 0 radical (unpaired) electrons. The molecule has 0 saturated carbocycles. The number of alkyl halides is 3. The molecule has 0 aliphatic carbocycles. The molecule has 2 amide bonds. The van der Waals surface area contributed by atoms with Crippen molar-refractivity contribution in [2.75, 3.05) is 17.2 Å². The van der Waals surface area contributed by atoms with Crippen LogP contribution < -0.4 is 16.0 Å². The van der Waals surface area contributed by atoms with Crippen molar-refractivity contribution in [3.8, 4) is 0 Å². The number of benzene rings is 2. The molecule has 1 unspecified atom stereocenters. The molecule has 0 bridgehead atoms. The minimum atomic E-state index is -4.52. The molecule has 148 valence electrons. The smallest absolute Gasteiger partial charge is 0.325 e. The quantitative estimate of drug-likeness (QED) is 0.737. The third-order valence-corrected chi connectivity index (χ3v) is 4.47. The van der Waals surface area contributed by atoms with Gasteiger partial charge >= 0.3 is 6.18 Å². The molecule has 1 fully saturated rings. The van der Waals surface area contributed by atoms with Gasteiger partial charge in [0.15, 0.2) is 0 Å². The van der Waals surface area contributed by atoms with Gasteiger partial charge in [0.05, 0.1) is 11.6 Å². The predicted octanol–water partition coefficient (Wildman–Crippen LogP) is 4.04. The molecule has 1 saturated heterocycles. The number of piperidine rings is 1. The Bertz CT molecular complexity index is 862. The fourth-order valence-corrected chi connectivity index (χ4v) is 3.02. The lowest BCUT2D eigenvalue weighted by Gasteiger charge is -2.22. The Morgan fingerprint density at radius 1 is 0.964 bits per heavy atom. The van der Waals surface area contributed by atoms with Crippen LogP contribution in [-0.2, 0) is 11.0 Å². The first-order valence-corrected chi connectivity index (χ1v) is 8.96. The Hall–Kier alpha value is -2.87. The highest BCUT2D eigenvalue weighted by atomic mass is 19.4. The summed E-state index contributed by atoms with van der Waals surface area (Å²) in [5.41, 5.74) is -0.118. The van der Waals surface area contributed by atoms with Crippen LogP contribution in [0.4, 0.5) is 24.5 Å². The van der Waals surface area contributed by atoms with Crippen LogP contribution in [0.2, 0.25) is 0 Å². The minimum Gasteiger partial charge on any atom is -0.325 e. The van der Waals surface area contributed by atoms with Gasteiger partial charge in [-0.15, -0.1) is 0 Å². The van der Waals surface area contributed by atoms with Crippen LogP contribution in [0.5, 0.6) is 0 Å². The monoisotopic (exact) mass is 391 g/mol. The zero-order chi connectivity index (χ0) is 20.1. The zero-order valence-electron chi connectivity index (χ0n) is 15.0. The summed E-state index contributed by atoms with van der Waals surface area (Å²) < 4.78 is 38.4. The number of hydrogen-bond acceptors (Lipinski definition) is 3. The first-order chi connectivity index (χ1) is 13.3. The van der Waals surface area contributed by atoms with Crippen LogP contribution in [-0.4, -0.2) is 24.4 Å². The summed E-state index contributed by atoms with van der Waals surface area (Å²) in [5, 5.41) is 8.50. The molecule has 2 aromatic rings. The molecule has 1 aliphatic rings. The standard InChI is InChI=1S/C20H20F3N3O2/c21-20(22,23)14-6-3-5-13(11-14)18(27)25-15-7-4-8-16(12-15)26-19(28)17-9-1-2-10-24-17/h3-8,11-12,17,24H,1-2,9-10H2,(H,25,27)(H,26,28). The number of carbonyl (C=O) groups excluding carboxylic acids is 2. The largest absolute Gasteiger partial charge is 0.416 e. The molecule has 0 aromatic heterocycles. The zero-order valence-corrected chi connectivity index (χ0v) is 15.0. The van der Waals surface area contributed by atoms with Crippen LogP contribution in [0.15, 0.2) is 48.5 Å². The van der Waals surface area contributed by atoms with Crippen molar-refractivity contribution < 1.29 is 22.8 Å². The highest BCUT2D eigenvalue weighted by Gasteiger charge is 2.30. The van der Waals surface area contributed by atoms with E-state index < -0.39 is 17.6 Å². The molecule has 8 heteroatoms. The van der Waals surface area contributed by atoms with E-state index in [0.29, 0.717) is 11.4 Å². The lowest BCUT2D eigenvalue weighted by atomic mass is 10.0. The first-order valence-electron chi connectivity index (χ1n) is 8.96. The predicted molar refractivity (Wildman–Crippen MR) is 100 cm³/mol. The average molecular weight is 391 g/mol. The topological polar surface area (TPSA) is 70.2 Å². The summed E-state index contributed by atoms with van der Waals surface area (Å²) in [5.74, 6) is -0.815. The maximum Gasteiger partial charge on any atom is 0.416 e. The lowest BCUT2D eigenvalue weighted by Crippen LogP contribution is -2.43. The van der Waals surface area contributed by atoms with Crippen molar-refractivity contribution >= 4 is 23.2 Å². The van der Waals surface area contributed by atoms with Gasteiger partial charge in [0.2, 0.25) is 5.91 Å². The van der Waals surface area contributed by atoms with E-state index in [9.17, 15) is 22.8 Å². The highest BCUT2D eigenvalue weighted by Crippen LogP contribution is 2.29. The van der Waals surface area contributed by atoms with Crippen molar-refractivity contribution in [1.82, 2.24) is 5.32 Å². The van der Waals surface area contributed by atoms with Gasteiger partial charge in [-0.25, -0.2) is 0 Å². The number of carbonyl (C=O) groups is 2. The van der Waals surface area contributed by atoms with Gasteiger partial charge in [0, 0.05) is 16.9 Å². The summed E-state index contributed by atoms with van der Waals surface area (Å²) in [6.07, 6.45) is -1.73. The van der Waals surface area contributed by atoms with Gasteiger partial charge in [-0.2, -0.15) is 13.2 Å². The number of halogens is 3. The first kappa shape index (κ1) is 19.9. The number of hydrogen-bond donors (Lipinski definition) is 3. The second-order valence-electron chi connectivity index (χ2n) is 6.61. The molecule has 3 rings (SSSR count). The molecular weight excluding hydrogens is 371 g/mol. The molecule has 0 spiro atoms. The summed E-state index contributed by atoms with van der Waals surface area (Å²) in [6, 6.07) is 10.4. The summed E-state index contributed by atoms with van der Waals surface area (Å²) in [4.78, 5) is 24.6. The van der Waals surface area contributed by atoms with Crippen molar-refractivity contribution in [1.29, 1.82) is 0 Å². The second-order valence-corrected chi connectivity index (χ2v) is 6.61. The van der Waals surface area contributed by atoms with Gasteiger partial charge in [-0.3, -0.25) is 9.59 Å². The van der Waals surface area contributed by atoms with Gasteiger partial charge in [0.25, 0.3) is 5.91 Å². The van der Waals surface area contributed by atoms with Crippen LogP contribution in [0.3, 0.4) is 0 Å². The van der Waals surface area contributed by atoms with E-state index in [1.54, 1.807) is 24.3 Å². The van der Waals surface area contributed by atoms with E-state index in [0.717, 1.165) is 37.9 Å². The van der Waals surface area contributed by atoms with Crippen LogP contribution >= 0.6 is 0 Å². The lowest BCUT2D eigenvalue weighted by molar-refractivity contribution is -0.137. The third kappa shape index (κ3) is 5.10. The van der Waals surface area contributed by atoms with Crippen molar-refractivity contribution in [3.63, 3.8) is 0 Å². The van der Waals surface area contributed by atoms with E-state index in [1.165, 1.54) is 12.1 Å². The maximum atomic E-state index is 12.8. The average Bonchev–Trinajstić information content (AvgIpc) is 2.68. The Morgan fingerprint density at radius 2 is 1.68 bits per heavy atom. The van der Waals surface area contributed by atoms with E-state index in [2.05, 4.69) is 16.0 Å². The fraction of sp³-hybridized carbons (Fsp3) is 0.300. The van der Waals surface area contributed by atoms with Crippen LogP contribution in [0.1, 0.15) is 35.2 Å². The van der Waals surface area contributed by atoms with Gasteiger partial charge in [-0.1, -0.05) is 18.6 Å². The summed E-state index contributed by atoms with van der Waals surface area (Å²) in [6.45, 7) is 0.797. The van der Waals surface area contributed by atoms with Crippen molar-refractivity contribution in [3.05, 3.63) is 59.7 Å². The highest BCUT2D eigenvalue weighted by molar-refractivity contribution is 6.05. The van der Waals surface area contributed by atoms with Gasteiger partial charge < -0.3 is 16.0 Å². The fourth-order valence-electron chi connectivity index (χ4n) is 3.02. The Kier molecular flexibility index (Phi) is 5.99. The van der Waals surface area contributed by atoms with Gasteiger partial charge in [0.1, 0.15) is 0 Å². The Balaban J connectivity index is 1.67. The number of amides is 2. The van der Waals surface area contributed by atoms with Crippen LogP contribution in [0.25, 0.3) is 0 Å². The normalized spacial score (nSPS) is 17.0. The van der Waals surface area contributed by atoms with E-state index >= 15 is 0 Å². The molecule has 28 heavy (non-hydrogen) atoms. The minimum absolute atomic E-state index is 0.101. The van der Waals surface area contributed by atoms with Crippen molar-refractivity contribution in [2.24, 2.45) is 0 Å². The SMILES string of the molecule is O=C(Nc1cccc(NC(=O)C2CCCCN2)c1)c1cccc(C(F)(F)F)c1. The van der Waals surface area contributed by atoms with E-state index in [4.69, 9.17) is 0 Å². The maximum absolute atomic E-state index is 12.8. The van der Waals surface area contributed by atoms with Crippen LogP contribution in [0, 0.1) is 0 Å². The Labute approximate surface area is 160 Å². The molecule has 2 aromatic carbocycles. The van der Waals surface area contributed by atoms with E-state index in [-0.39, 0.29) is 17.5 Å². The molecular formula is C20H20F3N3O2. The Morgan fingerprint density at radius 3 is 2.36 bits per heavy atom. The van der Waals surface area contributed by atoms with Gasteiger partial charge in [-0.05, 0) is 55.8 Å². The molecule has 1 atom stereocenters. The number of nitrogens with one attached hydrogen (secondary N) is 3. The summed E-state index contributed by atoms with van der Waals surface area (Å²) >= 11 is 0. The number of rotatable bonds is 4. The van der Waals surface area contributed by atoms with Crippen molar-refractivity contribution in [2.45, 2.75) is 31.5 Å².